The molecule has 4 nitrogen and oxygen atoms in total. The average molecular weight is 250 g/mol. The van der Waals surface area contributed by atoms with Gasteiger partial charge in [0.25, 0.3) is 0 Å². The number of nitrogens with one attached hydrogen (secondary N) is 1. The van der Waals surface area contributed by atoms with Crippen molar-refractivity contribution in [3.05, 3.63) is 11.9 Å². The predicted molar refractivity (Wildman–Crippen MR) is 73.3 cm³/mol. The summed E-state index contributed by atoms with van der Waals surface area (Å²) in [5, 5.41) is 12.1. The fraction of sp³-hybridized carbons (Fsp3) is 0.857. The first-order chi connectivity index (χ1) is 8.55. The molecule has 0 amide bonds. The fourth-order valence-corrected chi connectivity index (χ4v) is 2.44. The highest BCUT2D eigenvalue weighted by molar-refractivity contribution is 4.94. The van der Waals surface area contributed by atoms with Gasteiger partial charge in [-0.15, -0.1) is 5.10 Å². The number of rotatable bonds is 3. The Balaban J connectivity index is 1.84. The molecule has 4 heteroatoms. The van der Waals surface area contributed by atoms with E-state index in [0.29, 0.717) is 6.04 Å². The molecule has 1 aromatic rings. The highest BCUT2D eigenvalue weighted by Gasteiger charge is 2.16. The second-order valence-corrected chi connectivity index (χ2v) is 6.39. The smallest absolute Gasteiger partial charge is 0.0965 e. The zero-order chi connectivity index (χ0) is 13.0. The van der Waals surface area contributed by atoms with Gasteiger partial charge in [0.05, 0.1) is 17.4 Å². The van der Waals surface area contributed by atoms with E-state index >= 15 is 0 Å². The molecule has 1 aliphatic carbocycles. The van der Waals surface area contributed by atoms with Crippen molar-refractivity contribution in [2.24, 2.45) is 0 Å². The van der Waals surface area contributed by atoms with Crippen molar-refractivity contribution in [1.82, 2.24) is 20.3 Å². The van der Waals surface area contributed by atoms with E-state index in [0.717, 1.165) is 12.2 Å². The van der Waals surface area contributed by atoms with Crippen LogP contribution < -0.4 is 5.32 Å². The fourth-order valence-electron chi connectivity index (χ4n) is 2.44. The summed E-state index contributed by atoms with van der Waals surface area (Å²) in [4.78, 5) is 0. The first-order valence-corrected chi connectivity index (χ1v) is 7.21. The molecule has 1 N–H and O–H groups in total. The van der Waals surface area contributed by atoms with Gasteiger partial charge >= 0.3 is 0 Å². The minimum absolute atomic E-state index is 0.0214. The molecule has 102 valence electrons. The maximum atomic E-state index is 4.24. The molecule has 0 aromatic carbocycles. The van der Waals surface area contributed by atoms with Crippen LogP contribution in [0.15, 0.2) is 6.20 Å². The van der Waals surface area contributed by atoms with Crippen molar-refractivity contribution in [3.63, 3.8) is 0 Å². The standard InChI is InChI=1S/C14H26N4/c1-14(2,3)18-11-13(16-17-18)10-15-12-8-6-4-5-7-9-12/h11-12,15H,4-10H2,1-3H3. The highest BCUT2D eigenvalue weighted by Crippen LogP contribution is 2.17. The molecule has 0 bridgehead atoms. The van der Waals surface area contributed by atoms with Crippen molar-refractivity contribution < 1.29 is 0 Å². The lowest BCUT2D eigenvalue weighted by molar-refractivity contribution is 0.346. The molecule has 0 radical (unpaired) electrons. The Labute approximate surface area is 110 Å². The van der Waals surface area contributed by atoms with E-state index in [1.807, 2.05) is 4.68 Å². The Kier molecular flexibility index (Phi) is 4.38. The largest absolute Gasteiger partial charge is 0.308 e. The normalized spacial score (nSPS) is 18.8. The molecule has 0 spiro atoms. The third-order valence-electron chi connectivity index (χ3n) is 3.66. The summed E-state index contributed by atoms with van der Waals surface area (Å²) >= 11 is 0. The lowest BCUT2D eigenvalue weighted by Gasteiger charge is -2.17. The summed E-state index contributed by atoms with van der Waals surface area (Å²) < 4.78 is 1.94. The van der Waals surface area contributed by atoms with Gasteiger partial charge in [-0.3, -0.25) is 0 Å². The summed E-state index contributed by atoms with van der Waals surface area (Å²) in [5.41, 5.74) is 1.07. The zero-order valence-electron chi connectivity index (χ0n) is 11.9. The Morgan fingerprint density at radius 2 is 1.89 bits per heavy atom. The molecular formula is C14H26N4. The van der Waals surface area contributed by atoms with Crippen LogP contribution in [0.2, 0.25) is 0 Å². The molecule has 1 fully saturated rings. The molecule has 1 aromatic heterocycles. The van der Waals surface area contributed by atoms with E-state index in [9.17, 15) is 0 Å². The number of aromatic nitrogens is 3. The van der Waals surface area contributed by atoms with Crippen molar-refractivity contribution in [2.75, 3.05) is 0 Å². The Bertz CT molecular complexity index is 356. The van der Waals surface area contributed by atoms with Crippen LogP contribution in [0.3, 0.4) is 0 Å². The quantitative estimate of drug-likeness (QED) is 0.839. The van der Waals surface area contributed by atoms with Crippen LogP contribution >= 0.6 is 0 Å². The van der Waals surface area contributed by atoms with E-state index in [1.54, 1.807) is 0 Å². The molecule has 0 aliphatic heterocycles. The van der Waals surface area contributed by atoms with Crippen LogP contribution in [0.25, 0.3) is 0 Å². The van der Waals surface area contributed by atoms with Crippen LogP contribution in [0, 0.1) is 0 Å². The van der Waals surface area contributed by atoms with Crippen LogP contribution in [-0.2, 0) is 12.1 Å². The predicted octanol–water partition coefficient (Wildman–Crippen LogP) is 2.85. The van der Waals surface area contributed by atoms with Crippen LogP contribution in [0.4, 0.5) is 0 Å². The molecule has 1 aliphatic rings. The molecule has 0 saturated heterocycles. The Morgan fingerprint density at radius 1 is 1.22 bits per heavy atom. The van der Waals surface area contributed by atoms with E-state index in [1.165, 1.54) is 38.5 Å². The van der Waals surface area contributed by atoms with E-state index in [4.69, 9.17) is 0 Å². The van der Waals surface area contributed by atoms with Crippen LogP contribution in [0.5, 0.6) is 0 Å². The molecular weight excluding hydrogens is 224 g/mol. The van der Waals surface area contributed by atoms with Gasteiger partial charge in [-0.2, -0.15) is 0 Å². The average Bonchev–Trinajstić information content (AvgIpc) is 2.64. The molecule has 0 atom stereocenters. The van der Waals surface area contributed by atoms with Gasteiger partial charge in [0.1, 0.15) is 0 Å². The summed E-state index contributed by atoms with van der Waals surface area (Å²) in [5.74, 6) is 0. The molecule has 2 rings (SSSR count). The summed E-state index contributed by atoms with van der Waals surface area (Å²) in [7, 11) is 0. The van der Waals surface area contributed by atoms with Crippen molar-refractivity contribution >= 4 is 0 Å². The second kappa shape index (κ2) is 5.83. The van der Waals surface area contributed by atoms with Gasteiger partial charge in [-0.1, -0.05) is 30.9 Å². The minimum atomic E-state index is 0.0214. The van der Waals surface area contributed by atoms with Crippen molar-refractivity contribution in [1.29, 1.82) is 0 Å². The lowest BCUT2D eigenvalue weighted by Crippen LogP contribution is -2.28. The molecule has 1 saturated carbocycles. The van der Waals surface area contributed by atoms with Gasteiger partial charge in [0.2, 0.25) is 0 Å². The van der Waals surface area contributed by atoms with E-state index < -0.39 is 0 Å². The minimum Gasteiger partial charge on any atom is -0.308 e. The van der Waals surface area contributed by atoms with E-state index in [-0.39, 0.29) is 5.54 Å². The number of hydrogen-bond donors (Lipinski definition) is 1. The van der Waals surface area contributed by atoms with Gasteiger partial charge in [-0.05, 0) is 33.6 Å². The number of hydrogen-bond acceptors (Lipinski definition) is 3. The zero-order valence-corrected chi connectivity index (χ0v) is 11.9. The SMILES string of the molecule is CC(C)(C)n1cc(CNC2CCCCCC2)nn1. The van der Waals surface area contributed by atoms with Crippen LogP contribution in [-0.4, -0.2) is 21.0 Å². The first-order valence-electron chi connectivity index (χ1n) is 7.21. The number of nitrogens with zero attached hydrogens (tertiary/aromatic N) is 3. The topological polar surface area (TPSA) is 42.7 Å². The van der Waals surface area contributed by atoms with Gasteiger partial charge in [0, 0.05) is 12.6 Å². The maximum Gasteiger partial charge on any atom is 0.0965 e. The van der Waals surface area contributed by atoms with Gasteiger partial charge in [0.15, 0.2) is 0 Å². The first kappa shape index (κ1) is 13.5. The van der Waals surface area contributed by atoms with Crippen LogP contribution in [0.1, 0.15) is 65.0 Å². The van der Waals surface area contributed by atoms with Gasteiger partial charge < -0.3 is 5.32 Å². The summed E-state index contributed by atoms with van der Waals surface area (Å²) in [6.07, 6.45) is 10.2. The Hall–Kier alpha value is -0.900. The third kappa shape index (κ3) is 3.80. The Morgan fingerprint density at radius 3 is 2.44 bits per heavy atom. The molecule has 1 heterocycles. The second-order valence-electron chi connectivity index (χ2n) is 6.39. The van der Waals surface area contributed by atoms with Gasteiger partial charge in [-0.25, -0.2) is 4.68 Å². The van der Waals surface area contributed by atoms with E-state index in [2.05, 4.69) is 42.6 Å². The summed E-state index contributed by atoms with van der Waals surface area (Å²) in [6, 6.07) is 0.673. The third-order valence-corrected chi connectivity index (χ3v) is 3.66. The van der Waals surface area contributed by atoms with Crippen molar-refractivity contribution in [3.8, 4) is 0 Å². The summed E-state index contributed by atoms with van der Waals surface area (Å²) in [6.45, 7) is 7.28. The molecule has 0 unspecified atom stereocenters. The monoisotopic (exact) mass is 250 g/mol. The van der Waals surface area contributed by atoms with Crippen molar-refractivity contribution in [2.45, 2.75) is 77.4 Å². The highest BCUT2D eigenvalue weighted by atomic mass is 15.4. The maximum absolute atomic E-state index is 4.24. The lowest BCUT2D eigenvalue weighted by atomic mass is 10.1. The molecule has 18 heavy (non-hydrogen) atoms.